The van der Waals surface area contributed by atoms with Crippen LogP contribution in [0.4, 0.5) is 5.69 Å². The predicted octanol–water partition coefficient (Wildman–Crippen LogP) is 3.54. The van der Waals surface area contributed by atoms with Gasteiger partial charge in [0.15, 0.2) is 11.5 Å². The van der Waals surface area contributed by atoms with E-state index in [1.807, 2.05) is 41.8 Å². The fourth-order valence-electron chi connectivity index (χ4n) is 2.15. The number of benzene rings is 1. The normalized spacial score (nSPS) is 12.0. The van der Waals surface area contributed by atoms with Gasteiger partial charge in [-0.15, -0.1) is 10.2 Å². The van der Waals surface area contributed by atoms with E-state index in [4.69, 9.17) is 5.26 Å². The average molecular weight is 342 g/mol. The second-order valence-corrected chi connectivity index (χ2v) is 5.51. The Morgan fingerprint density at radius 2 is 2.14 bits per heavy atom. The van der Waals surface area contributed by atoms with E-state index in [1.165, 1.54) is 0 Å². The molecule has 1 unspecified atom stereocenters. The lowest BCUT2D eigenvalue weighted by Gasteiger charge is -2.15. The van der Waals surface area contributed by atoms with Crippen molar-refractivity contribution < 1.29 is 0 Å². The number of nitriles is 1. The monoisotopic (exact) mass is 341 g/mol. The summed E-state index contributed by atoms with van der Waals surface area (Å²) < 4.78 is 2.80. The maximum Gasteiger partial charge on any atom is 0.160 e. The highest BCUT2D eigenvalue weighted by Gasteiger charge is 2.14. The van der Waals surface area contributed by atoms with Gasteiger partial charge in [-0.1, -0.05) is 6.07 Å². The van der Waals surface area contributed by atoms with Crippen molar-refractivity contribution in [2.75, 3.05) is 5.32 Å². The number of pyridine rings is 1. The molecule has 2 heterocycles. The van der Waals surface area contributed by atoms with Gasteiger partial charge in [0.2, 0.25) is 0 Å². The number of aromatic nitrogens is 3. The molecular formula is C15H12BrN5. The van der Waals surface area contributed by atoms with Gasteiger partial charge in [0, 0.05) is 16.4 Å². The molecule has 0 saturated heterocycles. The minimum Gasteiger partial charge on any atom is -0.374 e. The first-order chi connectivity index (χ1) is 10.2. The van der Waals surface area contributed by atoms with Gasteiger partial charge in [-0.25, -0.2) is 0 Å². The van der Waals surface area contributed by atoms with Crippen LogP contribution in [0, 0.1) is 11.3 Å². The second-order valence-electron chi connectivity index (χ2n) is 4.66. The Kier molecular flexibility index (Phi) is 3.59. The quantitative estimate of drug-likeness (QED) is 0.791. The van der Waals surface area contributed by atoms with Crippen LogP contribution < -0.4 is 5.32 Å². The maximum absolute atomic E-state index is 8.89. The Balaban J connectivity index is 1.90. The van der Waals surface area contributed by atoms with Crippen LogP contribution in [0.1, 0.15) is 24.4 Å². The molecule has 0 radical (unpaired) electrons. The highest BCUT2D eigenvalue weighted by atomic mass is 79.9. The zero-order chi connectivity index (χ0) is 14.8. The third-order valence-electron chi connectivity index (χ3n) is 3.20. The van der Waals surface area contributed by atoms with Crippen LogP contribution in [0.15, 0.2) is 47.1 Å². The van der Waals surface area contributed by atoms with E-state index >= 15 is 0 Å². The molecule has 2 aromatic heterocycles. The number of rotatable bonds is 3. The highest BCUT2D eigenvalue weighted by Crippen LogP contribution is 2.27. The fraction of sp³-hybridized carbons (Fsp3) is 0.133. The molecule has 0 aliphatic carbocycles. The van der Waals surface area contributed by atoms with Crippen molar-refractivity contribution in [3.63, 3.8) is 0 Å². The molecule has 1 N–H and O–H groups in total. The van der Waals surface area contributed by atoms with Crippen LogP contribution in [0.25, 0.3) is 5.65 Å². The molecule has 1 aromatic carbocycles. The first-order valence-electron chi connectivity index (χ1n) is 6.45. The Morgan fingerprint density at radius 1 is 1.29 bits per heavy atom. The zero-order valence-electron chi connectivity index (χ0n) is 11.3. The van der Waals surface area contributed by atoms with Gasteiger partial charge in [0.1, 0.15) is 0 Å². The maximum atomic E-state index is 8.89. The largest absolute Gasteiger partial charge is 0.374 e. The van der Waals surface area contributed by atoms with Gasteiger partial charge in [-0.2, -0.15) is 5.26 Å². The second kappa shape index (κ2) is 5.54. The Labute approximate surface area is 130 Å². The summed E-state index contributed by atoms with van der Waals surface area (Å²) in [6.07, 6.45) is 1.94. The third kappa shape index (κ3) is 2.60. The Hall–Kier alpha value is -2.39. The smallest absolute Gasteiger partial charge is 0.160 e. The van der Waals surface area contributed by atoms with Crippen LogP contribution in [0.2, 0.25) is 0 Å². The van der Waals surface area contributed by atoms with Gasteiger partial charge in [0.25, 0.3) is 0 Å². The van der Waals surface area contributed by atoms with E-state index in [0.29, 0.717) is 5.56 Å². The molecule has 21 heavy (non-hydrogen) atoms. The summed E-state index contributed by atoms with van der Waals surface area (Å²) in [4.78, 5) is 0. The van der Waals surface area contributed by atoms with Crippen molar-refractivity contribution in [3.8, 4) is 6.07 Å². The molecule has 5 nitrogen and oxygen atoms in total. The van der Waals surface area contributed by atoms with Crippen LogP contribution in [0.3, 0.4) is 0 Å². The lowest BCUT2D eigenvalue weighted by atomic mass is 10.2. The summed E-state index contributed by atoms with van der Waals surface area (Å²) in [6, 6.07) is 13.3. The summed E-state index contributed by atoms with van der Waals surface area (Å²) >= 11 is 3.47. The van der Waals surface area contributed by atoms with E-state index in [2.05, 4.69) is 37.5 Å². The molecule has 0 bridgehead atoms. The van der Waals surface area contributed by atoms with Gasteiger partial charge in [-0.05, 0) is 53.2 Å². The predicted molar refractivity (Wildman–Crippen MR) is 83.9 cm³/mol. The first kappa shape index (κ1) is 13.6. The Morgan fingerprint density at radius 3 is 2.90 bits per heavy atom. The molecule has 6 heteroatoms. The summed E-state index contributed by atoms with van der Waals surface area (Å²) in [6.45, 7) is 2.02. The summed E-state index contributed by atoms with van der Waals surface area (Å²) in [5.41, 5.74) is 2.35. The zero-order valence-corrected chi connectivity index (χ0v) is 12.9. The highest BCUT2D eigenvalue weighted by molar-refractivity contribution is 9.10. The molecule has 0 aliphatic heterocycles. The van der Waals surface area contributed by atoms with Crippen molar-refractivity contribution in [2.24, 2.45) is 0 Å². The van der Waals surface area contributed by atoms with E-state index in [-0.39, 0.29) is 6.04 Å². The van der Waals surface area contributed by atoms with Crippen molar-refractivity contribution in [1.29, 1.82) is 5.26 Å². The van der Waals surface area contributed by atoms with Crippen LogP contribution >= 0.6 is 15.9 Å². The molecule has 104 valence electrons. The number of nitrogens with zero attached hydrogens (tertiary/aromatic N) is 4. The van der Waals surface area contributed by atoms with Crippen LogP contribution in [-0.2, 0) is 0 Å². The molecule has 3 rings (SSSR count). The summed E-state index contributed by atoms with van der Waals surface area (Å²) in [7, 11) is 0. The van der Waals surface area contributed by atoms with Crippen molar-refractivity contribution >= 4 is 27.3 Å². The van der Waals surface area contributed by atoms with Gasteiger partial charge in [-0.3, -0.25) is 4.40 Å². The first-order valence-corrected chi connectivity index (χ1v) is 7.24. The van der Waals surface area contributed by atoms with Gasteiger partial charge in [0.05, 0.1) is 17.7 Å². The summed E-state index contributed by atoms with van der Waals surface area (Å²) in [5.74, 6) is 0.835. The third-order valence-corrected chi connectivity index (χ3v) is 3.85. The molecule has 0 amide bonds. The average Bonchev–Trinajstić information content (AvgIpc) is 2.93. The lowest BCUT2D eigenvalue weighted by Crippen LogP contribution is -2.11. The van der Waals surface area contributed by atoms with Crippen LogP contribution in [-0.4, -0.2) is 14.6 Å². The standard InChI is InChI=1S/C15H12BrN5/c1-10(15-20-19-14-4-2-3-7-21(14)15)18-13-6-5-11(9-17)8-12(13)16/h2-8,10,18H,1H3. The summed E-state index contributed by atoms with van der Waals surface area (Å²) in [5, 5.41) is 20.7. The van der Waals surface area contributed by atoms with E-state index in [9.17, 15) is 0 Å². The molecule has 0 spiro atoms. The number of fused-ring (bicyclic) bond motifs is 1. The number of nitrogens with one attached hydrogen (secondary N) is 1. The molecule has 0 aliphatic rings. The van der Waals surface area contributed by atoms with E-state index < -0.39 is 0 Å². The molecule has 0 fully saturated rings. The van der Waals surface area contributed by atoms with Gasteiger partial charge < -0.3 is 5.32 Å². The minimum absolute atomic E-state index is 0.0216. The van der Waals surface area contributed by atoms with Gasteiger partial charge >= 0.3 is 0 Å². The molecular weight excluding hydrogens is 330 g/mol. The minimum atomic E-state index is -0.0216. The number of hydrogen-bond donors (Lipinski definition) is 1. The topological polar surface area (TPSA) is 66.0 Å². The number of hydrogen-bond acceptors (Lipinski definition) is 4. The van der Waals surface area contributed by atoms with Crippen molar-refractivity contribution in [3.05, 3.63) is 58.5 Å². The van der Waals surface area contributed by atoms with E-state index in [0.717, 1.165) is 21.6 Å². The molecule has 0 saturated carbocycles. The van der Waals surface area contributed by atoms with Crippen molar-refractivity contribution in [1.82, 2.24) is 14.6 Å². The molecule has 3 aromatic rings. The Bertz CT molecular complexity index is 833. The van der Waals surface area contributed by atoms with E-state index in [1.54, 1.807) is 12.1 Å². The van der Waals surface area contributed by atoms with Crippen LogP contribution in [0.5, 0.6) is 0 Å². The fourth-order valence-corrected chi connectivity index (χ4v) is 2.65. The van der Waals surface area contributed by atoms with Crippen molar-refractivity contribution in [2.45, 2.75) is 13.0 Å². The number of halogens is 1. The SMILES string of the molecule is CC(Nc1ccc(C#N)cc1Br)c1nnc2ccccn12. The number of anilines is 1. The molecule has 1 atom stereocenters. The lowest BCUT2D eigenvalue weighted by molar-refractivity contribution is 0.772.